The number of fused-ring (bicyclic) bond motifs is 1. The predicted molar refractivity (Wildman–Crippen MR) is 112 cm³/mol. The van der Waals surface area contributed by atoms with Crippen LogP contribution >= 0.6 is 0 Å². The second kappa shape index (κ2) is 7.28. The van der Waals surface area contributed by atoms with E-state index in [2.05, 4.69) is 5.32 Å². The quantitative estimate of drug-likeness (QED) is 0.414. The van der Waals surface area contributed by atoms with Crippen molar-refractivity contribution in [3.63, 3.8) is 0 Å². The molecule has 3 aromatic rings. The van der Waals surface area contributed by atoms with Crippen molar-refractivity contribution in [3.05, 3.63) is 62.5 Å². The van der Waals surface area contributed by atoms with Gasteiger partial charge in [0, 0.05) is 0 Å². The fourth-order valence-corrected chi connectivity index (χ4v) is 5.38. The van der Waals surface area contributed by atoms with E-state index in [1.165, 1.54) is 13.2 Å². The molecule has 0 saturated carbocycles. The number of methoxy groups -OCH3 is 1. The zero-order chi connectivity index (χ0) is 20.7. The third kappa shape index (κ3) is 3.46. The number of nitrogens with one attached hydrogen (secondary N) is 1. The van der Waals surface area contributed by atoms with E-state index < -0.39 is 5.97 Å². The van der Waals surface area contributed by atoms with Crippen LogP contribution in [0.2, 0.25) is 0 Å². The van der Waals surface area contributed by atoms with Gasteiger partial charge in [0.15, 0.2) is 0 Å². The summed E-state index contributed by atoms with van der Waals surface area (Å²) in [5.74, 6) is -0.511. The van der Waals surface area contributed by atoms with Gasteiger partial charge in [0.05, 0.1) is 0 Å². The third-order valence-electron chi connectivity index (χ3n) is 4.75. The molecule has 2 aromatic carbocycles. The second-order valence-electron chi connectivity index (χ2n) is 6.58. The number of aryl methyl sites for hydroxylation is 1. The molecule has 0 unspecified atom stereocenters. The number of ether oxygens (including phenoxy) is 1. The summed E-state index contributed by atoms with van der Waals surface area (Å²) in [4.78, 5) is 23.8. The second-order valence-corrected chi connectivity index (χ2v) is 9.28. The molecule has 3 N–H and O–H groups in total. The fourth-order valence-electron chi connectivity index (χ4n) is 3.35. The summed E-state index contributed by atoms with van der Waals surface area (Å²) < 4.78 is 7.05. The van der Waals surface area contributed by atoms with Crippen molar-refractivity contribution in [2.24, 2.45) is 0 Å². The van der Waals surface area contributed by atoms with Gasteiger partial charge in [-0.05, 0) is 0 Å². The molecule has 0 saturated heterocycles. The van der Waals surface area contributed by atoms with Crippen molar-refractivity contribution in [2.75, 3.05) is 12.4 Å². The first-order valence-corrected chi connectivity index (χ1v) is 10.5. The van der Waals surface area contributed by atoms with E-state index in [1.54, 1.807) is 24.3 Å². The number of aromatic hydroxyl groups is 1. The van der Waals surface area contributed by atoms with Crippen LogP contribution in [0.5, 0.6) is 11.5 Å². The Bertz CT molecular complexity index is 1190. The van der Waals surface area contributed by atoms with Crippen LogP contribution in [-0.2, 0) is 4.79 Å². The molecule has 4 rings (SSSR count). The zero-order valence-electron chi connectivity index (χ0n) is 15.6. The molecule has 2 heterocycles. The minimum absolute atomic E-state index is 0.108. The Morgan fingerprint density at radius 3 is 2.59 bits per heavy atom. The SMILES string of the molecule is COc1cc(O)ccc1-c1ccc2c(c1)NC(=O)C2=Cc1cc(C(=O)O)c(C)[se]1. The number of phenols is 1. The summed E-state index contributed by atoms with van der Waals surface area (Å²) in [6.45, 7) is 1.81. The number of amides is 1. The predicted octanol–water partition coefficient (Wildman–Crippen LogP) is 3.62. The van der Waals surface area contributed by atoms with Crippen molar-refractivity contribution >= 4 is 43.7 Å². The van der Waals surface area contributed by atoms with E-state index in [4.69, 9.17) is 4.74 Å². The van der Waals surface area contributed by atoms with Gasteiger partial charge in [0.25, 0.3) is 0 Å². The number of anilines is 1. The van der Waals surface area contributed by atoms with Gasteiger partial charge in [-0.15, -0.1) is 0 Å². The van der Waals surface area contributed by atoms with Gasteiger partial charge in [-0.2, -0.15) is 0 Å². The van der Waals surface area contributed by atoms with E-state index in [1.807, 2.05) is 25.1 Å². The van der Waals surface area contributed by atoms with Crippen LogP contribution in [0.4, 0.5) is 5.69 Å². The number of carboxylic acid groups (broad SMARTS) is 1. The average molecular weight is 454 g/mol. The number of aromatic carboxylic acids is 1. The number of carbonyl (C=O) groups is 2. The van der Waals surface area contributed by atoms with Crippen molar-refractivity contribution in [1.82, 2.24) is 0 Å². The number of benzene rings is 2. The standard InChI is InChI=1S/C22H17NO5Se/c1-11-17(22(26)27)9-14(29-11)10-18-16-5-3-12(7-19(16)23-21(18)25)15-6-4-13(24)8-20(15)28-2/h3-10,24H,1-2H3,(H,23,25)(H,26,27). The van der Waals surface area contributed by atoms with Crippen LogP contribution in [0.3, 0.4) is 0 Å². The van der Waals surface area contributed by atoms with Crippen LogP contribution in [-0.4, -0.2) is 43.7 Å². The van der Waals surface area contributed by atoms with Gasteiger partial charge >= 0.3 is 173 Å². The topological polar surface area (TPSA) is 95.9 Å². The molecule has 0 atom stereocenters. The zero-order valence-corrected chi connectivity index (χ0v) is 17.4. The summed E-state index contributed by atoms with van der Waals surface area (Å²) >= 11 is -0.108. The Labute approximate surface area is 172 Å². The van der Waals surface area contributed by atoms with E-state index >= 15 is 0 Å². The van der Waals surface area contributed by atoms with Gasteiger partial charge < -0.3 is 0 Å². The van der Waals surface area contributed by atoms with Crippen LogP contribution < -0.4 is 10.1 Å². The van der Waals surface area contributed by atoms with Crippen LogP contribution in [0, 0.1) is 6.92 Å². The van der Waals surface area contributed by atoms with Crippen molar-refractivity contribution < 1.29 is 24.5 Å². The fraction of sp³-hybridized carbons (Fsp3) is 0.0909. The Morgan fingerprint density at radius 1 is 1.14 bits per heavy atom. The van der Waals surface area contributed by atoms with Gasteiger partial charge in [-0.3, -0.25) is 0 Å². The number of rotatable bonds is 4. The molecule has 0 fully saturated rings. The monoisotopic (exact) mass is 455 g/mol. The van der Waals surface area contributed by atoms with Gasteiger partial charge in [-0.1, -0.05) is 0 Å². The first-order valence-electron chi connectivity index (χ1n) is 8.76. The maximum absolute atomic E-state index is 12.5. The molecule has 0 aliphatic carbocycles. The van der Waals surface area contributed by atoms with Gasteiger partial charge in [-0.25, -0.2) is 0 Å². The number of hydrogen-bond acceptors (Lipinski definition) is 4. The molecule has 1 aromatic heterocycles. The third-order valence-corrected chi connectivity index (χ3v) is 6.85. The molecular weight excluding hydrogens is 437 g/mol. The summed E-state index contributed by atoms with van der Waals surface area (Å²) in [5, 5.41) is 21.8. The Morgan fingerprint density at radius 2 is 1.90 bits per heavy atom. The molecular formula is C22H17NO5Se. The average Bonchev–Trinajstić information content (AvgIpc) is 3.21. The summed E-state index contributed by atoms with van der Waals surface area (Å²) in [7, 11) is 1.53. The first-order chi connectivity index (χ1) is 13.9. The van der Waals surface area contributed by atoms with E-state index in [0.717, 1.165) is 25.6 Å². The molecule has 6 nitrogen and oxygen atoms in total. The molecule has 1 aliphatic heterocycles. The Balaban J connectivity index is 1.75. The van der Waals surface area contributed by atoms with Crippen LogP contribution in [0.1, 0.15) is 24.8 Å². The first kappa shape index (κ1) is 19.1. The Kier molecular flexibility index (Phi) is 4.78. The van der Waals surface area contributed by atoms with E-state index in [9.17, 15) is 19.8 Å². The van der Waals surface area contributed by atoms with Gasteiger partial charge in [0.2, 0.25) is 0 Å². The number of hydrogen-bond donors (Lipinski definition) is 3. The summed E-state index contributed by atoms with van der Waals surface area (Å²) in [5.41, 5.74) is 3.93. The molecule has 1 amide bonds. The molecule has 1 aliphatic rings. The molecule has 0 bridgehead atoms. The molecule has 146 valence electrons. The summed E-state index contributed by atoms with van der Waals surface area (Å²) in [6.07, 6.45) is 1.78. The number of carbonyl (C=O) groups excluding carboxylic acids is 1. The molecule has 0 radical (unpaired) electrons. The Hall–Kier alpha value is -3.28. The minimum atomic E-state index is -0.943. The van der Waals surface area contributed by atoms with Crippen LogP contribution in [0.15, 0.2) is 42.5 Å². The van der Waals surface area contributed by atoms with Crippen molar-refractivity contribution in [3.8, 4) is 22.6 Å². The van der Waals surface area contributed by atoms with E-state index in [0.29, 0.717) is 22.6 Å². The van der Waals surface area contributed by atoms with E-state index in [-0.39, 0.29) is 26.2 Å². The molecule has 29 heavy (non-hydrogen) atoms. The van der Waals surface area contributed by atoms with Gasteiger partial charge in [0.1, 0.15) is 0 Å². The number of carboxylic acids is 1. The maximum atomic E-state index is 12.5. The summed E-state index contributed by atoms with van der Waals surface area (Å²) in [6, 6.07) is 12.1. The van der Waals surface area contributed by atoms with Crippen molar-refractivity contribution in [2.45, 2.75) is 6.92 Å². The molecule has 7 heteroatoms. The number of phenolic OH excluding ortho intramolecular Hbond substituents is 1. The molecule has 0 spiro atoms. The van der Waals surface area contributed by atoms with Crippen molar-refractivity contribution in [1.29, 1.82) is 0 Å². The van der Waals surface area contributed by atoms with Crippen LogP contribution in [0.25, 0.3) is 22.8 Å². The normalized spacial score (nSPS) is 14.0.